The molecule has 0 saturated carbocycles. The summed E-state index contributed by atoms with van der Waals surface area (Å²) in [7, 11) is -1.69. The first-order chi connectivity index (χ1) is 30.2. The Labute approximate surface area is 381 Å². The number of aliphatic hydroxyl groups is 2. The van der Waals surface area contributed by atoms with Crippen LogP contribution in [-0.4, -0.2) is 71.8 Å². The Morgan fingerprint density at radius 3 is 2.22 bits per heavy atom. The van der Waals surface area contributed by atoms with E-state index >= 15 is 0 Å². The Kier molecular flexibility index (Phi) is 13.8. The van der Waals surface area contributed by atoms with E-state index in [4.69, 9.17) is 9.16 Å². The molecule has 1 aliphatic heterocycles. The van der Waals surface area contributed by atoms with Crippen LogP contribution in [0.25, 0.3) is 11.6 Å². The van der Waals surface area contributed by atoms with E-state index in [0.717, 1.165) is 26.4 Å². The van der Waals surface area contributed by atoms with Gasteiger partial charge in [-0.25, -0.2) is 4.90 Å². The lowest BCUT2D eigenvalue weighted by molar-refractivity contribution is -0.384. The number of pyridine rings is 1. The van der Waals surface area contributed by atoms with Crippen molar-refractivity contribution in [2.75, 3.05) is 25.2 Å². The Hall–Kier alpha value is -5.52. The van der Waals surface area contributed by atoms with Crippen molar-refractivity contribution in [3.8, 4) is 11.5 Å². The summed E-state index contributed by atoms with van der Waals surface area (Å²) in [4.78, 5) is 45.7. The third kappa shape index (κ3) is 9.00. The molecule has 5 aromatic rings. The number of phenols is 1. The molecule has 7 rings (SSSR count). The van der Waals surface area contributed by atoms with Crippen LogP contribution in [0.3, 0.4) is 0 Å². The first kappa shape index (κ1) is 45.5. The minimum absolute atomic E-state index is 0.00630. The summed E-state index contributed by atoms with van der Waals surface area (Å²) in [5.74, 6) is -3.71. The molecule has 2 amide bonds. The van der Waals surface area contributed by atoms with Crippen LogP contribution in [-0.2, 0) is 14.0 Å². The lowest BCUT2D eigenvalue weighted by Crippen LogP contribution is -2.66. The van der Waals surface area contributed by atoms with Crippen LogP contribution in [0.15, 0.2) is 133 Å². The predicted octanol–water partition coefficient (Wildman–Crippen LogP) is 7.68. The van der Waals surface area contributed by atoms with E-state index < -0.39 is 60.6 Å². The van der Waals surface area contributed by atoms with Crippen molar-refractivity contribution in [3.05, 3.63) is 158 Å². The summed E-state index contributed by atoms with van der Waals surface area (Å²) >= 11 is 2.04. The van der Waals surface area contributed by atoms with Gasteiger partial charge in [0.2, 0.25) is 11.8 Å². The van der Waals surface area contributed by atoms with Crippen molar-refractivity contribution in [2.24, 2.45) is 17.8 Å². The van der Waals surface area contributed by atoms with Crippen LogP contribution in [0.1, 0.15) is 51.3 Å². The second-order valence-electron chi connectivity index (χ2n) is 16.9. The third-order valence-electron chi connectivity index (χ3n) is 12.2. The smallest absolute Gasteiger partial charge is 0.271 e. The Bertz CT molecular complexity index is 2510. The van der Waals surface area contributed by atoms with E-state index in [9.17, 15) is 35.0 Å². The van der Waals surface area contributed by atoms with Gasteiger partial charge < -0.3 is 24.5 Å². The minimum atomic E-state index is -3.17. The summed E-state index contributed by atoms with van der Waals surface area (Å²) in [6.07, 6.45) is 2.94. The van der Waals surface area contributed by atoms with E-state index in [0.29, 0.717) is 32.6 Å². The number of allylic oxidation sites excluding steroid dienone is 1. The van der Waals surface area contributed by atoms with E-state index in [1.807, 2.05) is 89.3 Å². The molecule has 2 heterocycles. The fraction of sp³-hybridized carbons (Fsp3) is 0.286. The Morgan fingerprint density at radius 1 is 0.968 bits per heavy atom. The van der Waals surface area contributed by atoms with Crippen molar-refractivity contribution in [3.63, 3.8) is 0 Å². The minimum Gasteiger partial charge on any atom is -0.504 e. The number of phenolic OH excluding ortho intramolecular Hbond substituents is 1. The number of imide groups is 1. The zero-order chi connectivity index (χ0) is 45.1. The molecule has 1 aromatic heterocycles. The normalized spacial score (nSPS) is 18.7. The fourth-order valence-electron chi connectivity index (χ4n) is 9.36. The van der Waals surface area contributed by atoms with Gasteiger partial charge in [0.15, 0.2) is 11.5 Å². The average Bonchev–Trinajstić information content (AvgIpc) is 3.54. The van der Waals surface area contributed by atoms with Crippen molar-refractivity contribution in [2.45, 2.75) is 51.2 Å². The number of non-ortho nitro benzene ring substituents is 1. The molecule has 1 aliphatic carbocycles. The van der Waals surface area contributed by atoms with E-state index in [1.54, 1.807) is 12.3 Å². The van der Waals surface area contributed by atoms with Gasteiger partial charge in [0.1, 0.15) is 0 Å². The van der Waals surface area contributed by atoms with Gasteiger partial charge in [0.25, 0.3) is 14.0 Å². The number of benzene rings is 4. The zero-order valence-corrected chi connectivity index (χ0v) is 38.6. The van der Waals surface area contributed by atoms with Crippen LogP contribution < -0.4 is 20.0 Å². The molecule has 2 aliphatic rings. The fourth-order valence-corrected chi connectivity index (χ4v) is 14.5. The number of aliphatic hydroxyl groups excluding tert-OH is 2. The number of rotatable bonds is 15. The molecular weight excluding hydrogens is 930 g/mol. The number of methoxy groups -OCH3 is 1. The van der Waals surface area contributed by atoms with Crippen LogP contribution in [0, 0.1) is 31.4 Å². The first-order valence-electron chi connectivity index (χ1n) is 20.8. The quantitative estimate of drug-likeness (QED) is 0.0236. The molecule has 63 heavy (non-hydrogen) atoms. The number of ether oxygens (including phenoxy) is 1. The number of hydrogen-bond donors (Lipinski definition) is 3. The Morgan fingerprint density at radius 2 is 1.63 bits per heavy atom. The van der Waals surface area contributed by atoms with Gasteiger partial charge in [-0.3, -0.25) is 24.7 Å². The molecule has 4 atom stereocenters. The van der Waals surface area contributed by atoms with Crippen molar-refractivity contribution in [1.82, 2.24) is 4.98 Å². The van der Waals surface area contributed by atoms with Crippen molar-refractivity contribution < 1.29 is 39.0 Å². The molecule has 3 N–H and O–H groups in total. The number of hydrogen-bond acceptors (Lipinski definition) is 10. The summed E-state index contributed by atoms with van der Waals surface area (Å²) in [5.41, 5.74) is 3.06. The highest BCUT2D eigenvalue weighted by molar-refractivity contribution is 14.1. The Balaban J connectivity index is 1.33. The average molecular weight is 980 g/mol. The van der Waals surface area contributed by atoms with E-state index in [1.165, 1.54) is 31.4 Å². The molecule has 326 valence electrons. The monoisotopic (exact) mass is 979 g/mol. The number of fused-ring (bicyclic) bond motifs is 1. The highest BCUT2D eigenvalue weighted by atomic mass is 127. The second kappa shape index (κ2) is 19.1. The molecule has 0 radical (unpaired) electrons. The van der Waals surface area contributed by atoms with Crippen molar-refractivity contribution >= 4 is 76.1 Å². The van der Waals surface area contributed by atoms with Gasteiger partial charge in [0.05, 0.1) is 58.1 Å². The summed E-state index contributed by atoms with van der Waals surface area (Å²) in [6.45, 7) is 5.92. The predicted molar refractivity (Wildman–Crippen MR) is 253 cm³/mol. The highest BCUT2D eigenvalue weighted by Crippen LogP contribution is 2.49. The largest absolute Gasteiger partial charge is 0.504 e. The number of nitrogens with zero attached hydrogens (tertiary/aromatic N) is 3. The SMILES string of the molecule is COc1cc(/C=C(/CC[C@@H](O)C2=C(CO[Si](c3ccccc3)(c3ccccc3)C(C)(C)C)C[C@H]3C(=O)N(c4cccc([N+](=O)[O-])c4)C(=O)[C@H]3[C@H]2CO)c2ccccn2)cc(I)c1O. The molecule has 12 nitrogen and oxygen atoms in total. The topological polar surface area (TPSA) is 173 Å². The number of amides is 2. The number of carbonyl (C=O) groups excluding carboxylic acids is 2. The van der Waals surface area contributed by atoms with E-state index in [2.05, 4.69) is 50.0 Å². The van der Waals surface area contributed by atoms with Crippen LogP contribution in [0.2, 0.25) is 5.04 Å². The maximum absolute atomic E-state index is 14.5. The molecular formula is C49H50IN3O9Si. The zero-order valence-electron chi connectivity index (χ0n) is 35.5. The number of aromatic nitrogens is 1. The number of aromatic hydroxyl groups is 1. The number of carbonyl (C=O) groups is 2. The van der Waals surface area contributed by atoms with Crippen LogP contribution >= 0.6 is 22.6 Å². The number of anilines is 1. The number of nitro benzene ring substituents is 1. The van der Waals surface area contributed by atoms with Gasteiger partial charge in [-0.05, 0) is 116 Å². The van der Waals surface area contributed by atoms with Gasteiger partial charge >= 0.3 is 0 Å². The second-order valence-corrected chi connectivity index (χ2v) is 22.4. The molecule has 4 aromatic carbocycles. The number of halogens is 1. The summed E-state index contributed by atoms with van der Waals surface area (Å²) in [6, 6.07) is 34.7. The number of nitro groups is 1. The summed E-state index contributed by atoms with van der Waals surface area (Å²) in [5, 5.41) is 47.8. The molecule has 1 fully saturated rings. The van der Waals surface area contributed by atoms with Crippen LogP contribution in [0.5, 0.6) is 11.5 Å². The summed E-state index contributed by atoms with van der Waals surface area (Å²) < 4.78 is 13.4. The van der Waals surface area contributed by atoms with Crippen LogP contribution in [0.4, 0.5) is 11.4 Å². The molecule has 0 spiro atoms. The van der Waals surface area contributed by atoms with Gasteiger partial charge in [-0.1, -0.05) is 93.6 Å². The maximum Gasteiger partial charge on any atom is 0.271 e. The van der Waals surface area contributed by atoms with Gasteiger partial charge in [0, 0.05) is 24.2 Å². The highest BCUT2D eigenvalue weighted by Gasteiger charge is 2.56. The molecule has 1 saturated heterocycles. The van der Waals surface area contributed by atoms with Crippen molar-refractivity contribution in [1.29, 1.82) is 0 Å². The van der Waals surface area contributed by atoms with E-state index in [-0.39, 0.29) is 36.6 Å². The lowest BCUT2D eigenvalue weighted by Gasteiger charge is -2.44. The van der Waals surface area contributed by atoms with Gasteiger partial charge in [-0.2, -0.15) is 0 Å². The molecule has 0 bridgehead atoms. The first-order valence-corrected chi connectivity index (χ1v) is 23.7. The third-order valence-corrected chi connectivity index (χ3v) is 18.0. The van der Waals surface area contributed by atoms with Gasteiger partial charge in [-0.15, -0.1) is 0 Å². The molecule has 14 heteroatoms. The standard InChI is InChI=1S/C49H50IN3O9Si/c1-49(2,3)63(36-16-7-5-8-17-36,37-18-9-6-10-19-37)62-30-33-27-38-45(48(58)52(47(38)57)34-14-13-15-35(28-34)53(59)60)39(29-54)44(33)42(55)22-21-32(41-20-11-12-23-51-41)24-31-25-40(50)46(56)43(26-31)61-4/h5-20,23-26,28,38-39,42,45,54-56H,21-22,27,29-30H2,1-4H3/b32-24-/t38-,39+,42-,45-/m1/s1. The molecule has 0 unspecified atom stereocenters. The maximum atomic E-state index is 14.5. The lowest BCUT2D eigenvalue weighted by atomic mass is 9.68.